The van der Waals surface area contributed by atoms with E-state index in [9.17, 15) is 15.0 Å². The second-order valence-corrected chi connectivity index (χ2v) is 4.35. The number of nitrogens with zero attached hydrogens (tertiary/aromatic N) is 2. The predicted octanol–water partition coefficient (Wildman–Crippen LogP) is 1.35. The second kappa shape index (κ2) is 6.62. The maximum absolute atomic E-state index is 11.8. The third kappa shape index (κ3) is 3.43. The summed E-state index contributed by atoms with van der Waals surface area (Å²) < 4.78 is 0. The number of amides is 1. The summed E-state index contributed by atoms with van der Waals surface area (Å²) in [5.74, 6) is -0.429. The van der Waals surface area contributed by atoms with Crippen LogP contribution in [-0.4, -0.2) is 27.3 Å². The molecule has 0 aliphatic carbocycles. The monoisotopic (exact) mass is 285 g/mol. The fourth-order valence-electron chi connectivity index (χ4n) is 1.73. The number of aromatic hydroxyl groups is 1. The number of nitrogens with one attached hydrogen (secondary N) is 1. The Morgan fingerprint density at radius 3 is 2.76 bits per heavy atom. The zero-order valence-electron chi connectivity index (χ0n) is 11.4. The van der Waals surface area contributed by atoms with E-state index in [-0.39, 0.29) is 18.3 Å². The van der Waals surface area contributed by atoms with Gasteiger partial charge in [-0.05, 0) is 19.1 Å². The van der Waals surface area contributed by atoms with E-state index in [2.05, 4.69) is 15.5 Å². The number of rotatable bonds is 4. The number of aryl methyl sites for hydroxylation is 1. The summed E-state index contributed by atoms with van der Waals surface area (Å²) in [6.07, 6.45) is 2.74. The highest BCUT2D eigenvalue weighted by atomic mass is 16.3. The van der Waals surface area contributed by atoms with E-state index in [0.717, 1.165) is 0 Å². The van der Waals surface area contributed by atoms with Crippen molar-refractivity contribution < 1.29 is 15.0 Å². The largest absolute Gasteiger partial charge is 0.505 e. The molecule has 6 nitrogen and oxygen atoms in total. The molecule has 0 saturated carbocycles. The number of benzene rings is 1. The average molecular weight is 285 g/mol. The quantitative estimate of drug-likeness (QED) is 0.584. The number of carbonyl (C=O) groups is 1. The van der Waals surface area contributed by atoms with Gasteiger partial charge in [-0.25, -0.2) is 5.43 Å². The van der Waals surface area contributed by atoms with Crippen molar-refractivity contribution in [1.82, 2.24) is 10.4 Å². The van der Waals surface area contributed by atoms with Gasteiger partial charge >= 0.3 is 0 Å². The summed E-state index contributed by atoms with van der Waals surface area (Å²) in [4.78, 5) is 15.7. The van der Waals surface area contributed by atoms with Crippen LogP contribution in [0.3, 0.4) is 0 Å². The summed E-state index contributed by atoms with van der Waals surface area (Å²) in [5, 5.41) is 22.9. The van der Waals surface area contributed by atoms with E-state index < -0.39 is 0 Å². The molecule has 0 aliphatic rings. The van der Waals surface area contributed by atoms with Crippen LogP contribution in [0.4, 0.5) is 0 Å². The van der Waals surface area contributed by atoms with E-state index in [1.165, 1.54) is 12.4 Å². The number of carbonyl (C=O) groups excluding carboxylic acids is 1. The van der Waals surface area contributed by atoms with Gasteiger partial charge in [0.1, 0.15) is 5.75 Å². The molecule has 0 saturated heterocycles. The number of hydrazone groups is 1. The van der Waals surface area contributed by atoms with Crippen molar-refractivity contribution in [2.24, 2.45) is 5.10 Å². The standard InChI is InChI=1S/C15H15N3O3/c1-10-14(20)13(12(9-19)7-16-10)8-17-18-15(21)11-5-3-2-4-6-11/h2-8,19-20H,9H2,1H3,(H,18,21). The molecule has 0 spiro atoms. The minimum atomic E-state index is -0.359. The molecule has 1 aromatic heterocycles. The van der Waals surface area contributed by atoms with Crippen LogP contribution in [0.1, 0.15) is 27.2 Å². The molecule has 0 radical (unpaired) electrons. The molecule has 3 N–H and O–H groups in total. The van der Waals surface area contributed by atoms with Gasteiger partial charge in [-0.3, -0.25) is 9.78 Å². The van der Waals surface area contributed by atoms with E-state index >= 15 is 0 Å². The van der Waals surface area contributed by atoms with Crippen molar-refractivity contribution in [3.8, 4) is 5.75 Å². The zero-order valence-corrected chi connectivity index (χ0v) is 11.4. The van der Waals surface area contributed by atoms with Crippen molar-refractivity contribution in [1.29, 1.82) is 0 Å². The third-order valence-corrected chi connectivity index (χ3v) is 2.92. The van der Waals surface area contributed by atoms with Crippen LogP contribution < -0.4 is 5.43 Å². The Morgan fingerprint density at radius 2 is 2.10 bits per heavy atom. The van der Waals surface area contributed by atoms with Crippen LogP contribution in [0.15, 0.2) is 41.6 Å². The molecule has 0 unspecified atom stereocenters. The molecule has 1 aromatic carbocycles. The van der Waals surface area contributed by atoms with E-state index in [1.807, 2.05) is 6.07 Å². The lowest BCUT2D eigenvalue weighted by Gasteiger charge is -2.07. The summed E-state index contributed by atoms with van der Waals surface area (Å²) in [6.45, 7) is 1.35. The molecule has 21 heavy (non-hydrogen) atoms. The SMILES string of the molecule is Cc1ncc(CO)c(C=NNC(=O)c2ccccc2)c1O. The first kappa shape index (κ1) is 14.7. The highest BCUT2D eigenvalue weighted by molar-refractivity contribution is 5.95. The van der Waals surface area contributed by atoms with Crippen molar-refractivity contribution in [3.63, 3.8) is 0 Å². The Hall–Kier alpha value is -2.73. The van der Waals surface area contributed by atoms with Crippen molar-refractivity contribution in [2.75, 3.05) is 0 Å². The number of aliphatic hydroxyl groups excluding tert-OH is 1. The predicted molar refractivity (Wildman–Crippen MR) is 78.1 cm³/mol. The molecule has 0 aliphatic heterocycles. The first-order valence-corrected chi connectivity index (χ1v) is 6.30. The summed E-state index contributed by atoms with van der Waals surface area (Å²) in [7, 11) is 0. The fraction of sp³-hybridized carbons (Fsp3) is 0.133. The minimum absolute atomic E-state index is 0.0701. The van der Waals surface area contributed by atoms with E-state index in [1.54, 1.807) is 31.2 Å². The highest BCUT2D eigenvalue weighted by Gasteiger charge is 2.09. The zero-order chi connectivity index (χ0) is 15.2. The lowest BCUT2D eigenvalue weighted by Crippen LogP contribution is -2.17. The topological polar surface area (TPSA) is 94.8 Å². The van der Waals surface area contributed by atoms with Gasteiger partial charge < -0.3 is 10.2 Å². The summed E-state index contributed by atoms with van der Waals surface area (Å²) in [5.41, 5.74) is 4.02. The van der Waals surface area contributed by atoms with Gasteiger partial charge in [-0.1, -0.05) is 18.2 Å². The highest BCUT2D eigenvalue weighted by Crippen LogP contribution is 2.21. The van der Waals surface area contributed by atoms with Crippen molar-refractivity contribution in [2.45, 2.75) is 13.5 Å². The van der Waals surface area contributed by atoms with Crippen LogP contribution >= 0.6 is 0 Å². The Kier molecular flexibility index (Phi) is 4.63. The lowest BCUT2D eigenvalue weighted by atomic mass is 10.1. The molecule has 108 valence electrons. The number of aliphatic hydroxyl groups is 1. The molecule has 0 atom stereocenters. The van der Waals surface area contributed by atoms with Gasteiger partial charge in [0.2, 0.25) is 0 Å². The van der Waals surface area contributed by atoms with Gasteiger partial charge in [0, 0.05) is 22.9 Å². The molecule has 6 heteroatoms. The van der Waals surface area contributed by atoms with Gasteiger partial charge in [0.05, 0.1) is 18.5 Å². The van der Waals surface area contributed by atoms with Crippen molar-refractivity contribution >= 4 is 12.1 Å². The van der Waals surface area contributed by atoms with Crippen LogP contribution in [0, 0.1) is 6.92 Å². The molecular formula is C15H15N3O3. The first-order valence-electron chi connectivity index (χ1n) is 6.30. The Balaban J connectivity index is 2.15. The Morgan fingerprint density at radius 1 is 1.38 bits per heavy atom. The number of hydrogen-bond acceptors (Lipinski definition) is 5. The maximum atomic E-state index is 11.8. The minimum Gasteiger partial charge on any atom is -0.505 e. The molecule has 0 fully saturated rings. The molecule has 0 bridgehead atoms. The average Bonchev–Trinajstić information content (AvgIpc) is 2.52. The van der Waals surface area contributed by atoms with Gasteiger partial charge in [0.25, 0.3) is 5.91 Å². The fourth-order valence-corrected chi connectivity index (χ4v) is 1.73. The van der Waals surface area contributed by atoms with E-state index in [0.29, 0.717) is 22.4 Å². The van der Waals surface area contributed by atoms with Gasteiger partial charge in [-0.15, -0.1) is 0 Å². The van der Waals surface area contributed by atoms with Gasteiger partial charge in [-0.2, -0.15) is 5.10 Å². The number of pyridine rings is 1. The lowest BCUT2D eigenvalue weighted by molar-refractivity contribution is 0.0955. The summed E-state index contributed by atoms with van der Waals surface area (Å²) in [6, 6.07) is 8.64. The van der Waals surface area contributed by atoms with E-state index in [4.69, 9.17) is 0 Å². The van der Waals surface area contributed by atoms with Gasteiger partial charge in [0.15, 0.2) is 0 Å². The molecule has 1 heterocycles. The third-order valence-electron chi connectivity index (χ3n) is 2.92. The second-order valence-electron chi connectivity index (χ2n) is 4.35. The van der Waals surface area contributed by atoms with Crippen molar-refractivity contribution in [3.05, 3.63) is 58.9 Å². The van der Waals surface area contributed by atoms with Crippen LogP contribution in [0.25, 0.3) is 0 Å². The summed E-state index contributed by atoms with van der Waals surface area (Å²) >= 11 is 0. The number of hydrogen-bond donors (Lipinski definition) is 3. The van der Waals surface area contributed by atoms with Crippen LogP contribution in [0.2, 0.25) is 0 Å². The Labute approximate surface area is 121 Å². The molecule has 2 rings (SSSR count). The first-order chi connectivity index (χ1) is 10.1. The van der Waals surface area contributed by atoms with Crippen LogP contribution in [-0.2, 0) is 6.61 Å². The molecule has 2 aromatic rings. The molecule has 1 amide bonds. The van der Waals surface area contributed by atoms with Crippen LogP contribution in [0.5, 0.6) is 5.75 Å². The smallest absolute Gasteiger partial charge is 0.271 e. The molecular weight excluding hydrogens is 270 g/mol. The normalized spacial score (nSPS) is 10.8. The Bertz CT molecular complexity index is 669. The maximum Gasteiger partial charge on any atom is 0.271 e. The number of aromatic nitrogens is 1.